The summed E-state index contributed by atoms with van der Waals surface area (Å²) in [6.07, 6.45) is 1.99. The molecule has 0 heterocycles. The van der Waals surface area contributed by atoms with Gasteiger partial charge in [-0.2, -0.15) is 36.8 Å². The number of nitriles is 7. The molecule has 0 bridgehead atoms. The first kappa shape index (κ1) is 14.2. The van der Waals surface area contributed by atoms with E-state index in [4.69, 9.17) is 5.26 Å². The minimum Gasteiger partial charge on any atom is -0.198 e. The molecule has 0 radical (unpaired) electrons. The normalized spacial score (nSPS) is 23.1. The largest absolute Gasteiger partial charge is 0.212 e. The van der Waals surface area contributed by atoms with Crippen molar-refractivity contribution in [2.45, 2.75) is 0 Å². The Morgan fingerprint density at radius 1 is 0.700 bits per heavy atom. The van der Waals surface area contributed by atoms with Crippen LogP contribution in [0.5, 0.6) is 0 Å². The fourth-order valence-electron chi connectivity index (χ4n) is 2.17. The van der Waals surface area contributed by atoms with E-state index in [0.717, 1.165) is 12.2 Å². The number of nitrogens with zero attached hydrogens (tertiary/aromatic N) is 7. The van der Waals surface area contributed by atoms with Crippen LogP contribution in [0.1, 0.15) is 0 Å². The fourth-order valence-corrected chi connectivity index (χ4v) is 2.17. The maximum Gasteiger partial charge on any atom is 0.212 e. The minimum atomic E-state index is -2.58. The van der Waals surface area contributed by atoms with Crippen molar-refractivity contribution in [3.63, 3.8) is 0 Å². The topological polar surface area (TPSA) is 167 Å². The quantitative estimate of drug-likeness (QED) is 0.578. The zero-order valence-corrected chi connectivity index (χ0v) is 9.86. The van der Waals surface area contributed by atoms with Gasteiger partial charge in [0.15, 0.2) is 10.8 Å². The van der Waals surface area contributed by atoms with E-state index >= 15 is 0 Å². The molecule has 7 nitrogen and oxygen atoms in total. The van der Waals surface area contributed by atoms with Crippen LogP contribution < -0.4 is 0 Å². The molecule has 1 atom stereocenters. The van der Waals surface area contributed by atoms with Gasteiger partial charge in [-0.05, 0) is 0 Å². The molecule has 0 spiro atoms. The molecule has 0 fully saturated rings. The molecule has 0 aromatic heterocycles. The molecule has 0 aliphatic heterocycles. The molecule has 1 aliphatic rings. The third-order valence-electron chi connectivity index (χ3n) is 3.37. The monoisotopic (exact) mass is 257 g/mol. The Morgan fingerprint density at radius 3 is 1.50 bits per heavy atom. The van der Waals surface area contributed by atoms with Gasteiger partial charge in [-0.25, -0.2) is 0 Å². The van der Waals surface area contributed by atoms with Crippen LogP contribution in [0.2, 0.25) is 0 Å². The molecule has 90 valence electrons. The maximum atomic E-state index is 9.33. The number of allylic oxidation sites excluding steroid dienone is 2. The van der Waals surface area contributed by atoms with Gasteiger partial charge in [0.05, 0.1) is 48.4 Å². The molecule has 0 aromatic rings. The molecular formula is C13H3N7. The summed E-state index contributed by atoms with van der Waals surface area (Å²) in [6.45, 7) is 0. The van der Waals surface area contributed by atoms with Gasteiger partial charge in [0.2, 0.25) is 5.41 Å². The molecule has 1 unspecified atom stereocenters. The van der Waals surface area contributed by atoms with Crippen LogP contribution in [0.3, 0.4) is 0 Å². The van der Waals surface area contributed by atoms with E-state index in [-0.39, 0.29) is 0 Å². The van der Waals surface area contributed by atoms with E-state index in [1.807, 2.05) is 0 Å². The highest BCUT2D eigenvalue weighted by molar-refractivity contribution is 5.53. The van der Waals surface area contributed by atoms with Crippen molar-refractivity contribution in [2.24, 2.45) is 22.2 Å². The third-order valence-corrected chi connectivity index (χ3v) is 3.37. The van der Waals surface area contributed by atoms with E-state index in [0.29, 0.717) is 0 Å². The van der Waals surface area contributed by atoms with Gasteiger partial charge in [-0.15, -0.1) is 0 Å². The number of rotatable bonds is 0. The van der Waals surface area contributed by atoms with Gasteiger partial charge >= 0.3 is 0 Å². The van der Waals surface area contributed by atoms with Gasteiger partial charge in [-0.3, -0.25) is 0 Å². The summed E-state index contributed by atoms with van der Waals surface area (Å²) < 4.78 is 0. The van der Waals surface area contributed by atoms with Crippen molar-refractivity contribution >= 4 is 0 Å². The SMILES string of the molecule is N#CC1C=CC(C#N)(C#N)C(C#N)(C#N)C1(C#N)C#N. The van der Waals surface area contributed by atoms with Crippen molar-refractivity contribution < 1.29 is 0 Å². The Labute approximate surface area is 114 Å². The summed E-state index contributed by atoms with van der Waals surface area (Å²) in [4.78, 5) is 0. The van der Waals surface area contributed by atoms with Gasteiger partial charge in [-0.1, -0.05) is 12.2 Å². The lowest BCUT2D eigenvalue weighted by atomic mass is 9.47. The molecular weight excluding hydrogens is 254 g/mol. The molecule has 0 N–H and O–H groups in total. The molecule has 1 rings (SSSR count). The molecule has 7 heteroatoms. The standard InChI is InChI=1S/C13H3N7/c14-3-10-1-2-11(4-15,5-16)13(8-19,9-20)12(10,6-17)7-18/h1-2,10H. The highest BCUT2D eigenvalue weighted by Gasteiger charge is 2.71. The van der Waals surface area contributed by atoms with Crippen LogP contribution >= 0.6 is 0 Å². The average Bonchev–Trinajstić information content (AvgIpc) is 2.52. The van der Waals surface area contributed by atoms with Crippen LogP contribution in [0.4, 0.5) is 0 Å². The van der Waals surface area contributed by atoms with E-state index in [1.165, 1.54) is 36.4 Å². The summed E-state index contributed by atoms with van der Waals surface area (Å²) in [5.41, 5.74) is -7.30. The van der Waals surface area contributed by atoms with Crippen molar-refractivity contribution in [2.75, 3.05) is 0 Å². The third kappa shape index (κ3) is 1.15. The fraction of sp³-hybridized carbons (Fsp3) is 0.308. The van der Waals surface area contributed by atoms with Gasteiger partial charge in [0.1, 0.15) is 0 Å². The molecule has 0 saturated carbocycles. The van der Waals surface area contributed by atoms with Crippen LogP contribution in [-0.2, 0) is 0 Å². The van der Waals surface area contributed by atoms with Crippen molar-refractivity contribution in [1.82, 2.24) is 0 Å². The highest BCUT2D eigenvalue weighted by Crippen LogP contribution is 2.58. The second kappa shape index (κ2) is 4.45. The van der Waals surface area contributed by atoms with Crippen LogP contribution in [0.15, 0.2) is 12.2 Å². The smallest absolute Gasteiger partial charge is 0.198 e. The summed E-state index contributed by atoms with van der Waals surface area (Å²) in [6, 6.07) is 10.6. The highest BCUT2D eigenvalue weighted by atomic mass is 14.7. The Hall–Kier alpha value is -3.83. The summed E-state index contributed by atoms with van der Waals surface area (Å²) in [5, 5.41) is 64.7. The Morgan fingerprint density at radius 2 is 1.20 bits per heavy atom. The van der Waals surface area contributed by atoms with Crippen molar-refractivity contribution in [3.05, 3.63) is 12.2 Å². The van der Waals surface area contributed by atoms with Gasteiger partial charge in [0, 0.05) is 0 Å². The van der Waals surface area contributed by atoms with Crippen LogP contribution in [0, 0.1) is 101 Å². The zero-order chi connectivity index (χ0) is 15.4. The number of hydrogen-bond acceptors (Lipinski definition) is 7. The molecule has 20 heavy (non-hydrogen) atoms. The first-order valence-corrected chi connectivity index (χ1v) is 5.10. The Bertz CT molecular complexity index is 728. The lowest BCUT2D eigenvalue weighted by molar-refractivity contribution is 0.170. The average molecular weight is 257 g/mol. The maximum absolute atomic E-state index is 9.33. The molecule has 1 aliphatic carbocycles. The second-order valence-electron chi connectivity index (χ2n) is 4.00. The van der Waals surface area contributed by atoms with Crippen molar-refractivity contribution in [1.29, 1.82) is 36.8 Å². The van der Waals surface area contributed by atoms with Gasteiger partial charge in [0.25, 0.3) is 0 Å². The van der Waals surface area contributed by atoms with E-state index in [9.17, 15) is 31.6 Å². The van der Waals surface area contributed by atoms with Crippen LogP contribution in [0.25, 0.3) is 0 Å². The molecule has 0 aromatic carbocycles. The predicted octanol–water partition coefficient (Wildman–Crippen LogP) is 0.797. The summed E-state index contributed by atoms with van der Waals surface area (Å²) in [7, 11) is 0. The van der Waals surface area contributed by atoms with Gasteiger partial charge < -0.3 is 0 Å². The first-order valence-electron chi connectivity index (χ1n) is 5.10. The lowest BCUT2D eigenvalue weighted by Gasteiger charge is -2.41. The molecule has 0 saturated heterocycles. The van der Waals surface area contributed by atoms with Crippen molar-refractivity contribution in [3.8, 4) is 42.5 Å². The Kier molecular flexibility index (Phi) is 3.16. The minimum absolute atomic E-state index is 0.945. The van der Waals surface area contributed by atoms with E-state index < -0.39 is 22.2 Å². The predicted molar refractivity (Wildman–Crippen MR) is 59.2 cm³/mol. The van der Waals surface area contributed by atoms with Crippen LogP contribution in [-0.4, -0.2) is 0 Å². The van der Waals surface area contributed by atoms with E-state index in [1.54, 1.807) is 6.07 Å². The Balaban J connectivity index is 4.06. The lowest BCUT2D eigenvalue weighted by Crippen LogP contribution is -2.54. The summed E-state index contributed by atoms with van der Waals surface area (Å²) >= 11 is 0. The van der Waals surface area contributed by atoms with E-state index in [2.05, 4.69) is 0 Å². The zero-order valence-electron chi connectivity index (χ0n) is 9.86. The second-order valence-corrected chi connectivity index (χ2v) is 4.00. The molecule has 0 amide bonds. The number of hydrogen-bond donors (Lipinski definition) is 0. The first-order chi connectivity index (χ1) is 9.53. The summed E-state index contributed by atoms with van der Waals surface area (Å²) in [5.74, 6) is -1.40.